The number of benzene rings is 2. The van der Waals surface area contributed by atoms with E-state index in [2.05, 4.69) is 5.32 Å². The molecule has 1 fully saturated rings. The number of hydrogen-bond donors (Lipinski definition) is 6. The predicted molar refractivity (Wildman–Crippen MR) is 150 cm³/mol. The number of aliphatic hydroxyl groups excluding tert-OH is 5. The number of aliphatic hydroxyl groups is 5. The second-order valence-electron chi connectivity index (χ2n) is 11.9. The van der Waals surface area contributed by atoms with Gasteiger partial charge in [0.2, 0.25) is 5.91 Å². The Balaban J connectivity index is 1.76. The van der Waals surface area contributed by atoms with Gasteiger partial charge < -0.3 is 35.6 Å². The van der Waals surface area contributed by atoms with Gasteiger partial charge in [0.05, 0.1) is 24.2 Å². The van der Waals surface area contributed by atoms with E-state index in [4.69, 9.17) is 4.74 Å². The minimum atomic E-state index is -1.43. The zero-order chi connectivity index (χ0) is 29.1. The lowest BCUT2D eigenvalue weighted by molar-refractivity contribution is -0.231. The van der Waals surface area contributed by atoms with Crippen LogP contribution < -0.4 is 5.32 Å². The van der Waals surface area contributed by atoms with Gasteiger partial charge >= 0.3 is 0 Å². The first-order valence-electron chi connectivity index (χ1n) is 13.3. The molecule has 39 heavy (non-hydrogen) atoms. The van der Waals surface area contributed by atoms with Crippen molar-refractivity contribution >= 4 is 12.0 Å². The number of hydrogen-bond acceptors (Lipinski definition) is 7. The maximum Gasteiger partial charge on any atom is 0.229 e. The zero-order valence-electron chi connectivity index (χ0n) is 23.7. The number of carbonyl (C=O) groups is 1. The molecule has 0 aromatic heterocycles. The molecular formula is C31H43NO7. The van der Waals surface area contributed by atoms with Gasteiger partial charge in [-0.15, -0.1) is 0 Å². The third kappa shape index (κ3) is 7.33. The van der Waals surface area contributed by atoms with Gasteiger partial charge in [0.1, 0.15) is 30.5 Å². The molecule has 1 aliphatic heterocycles. The summed E-state index contributed by atoms with van der Waals surface area (Å²) in [6, 6.07) is 12.0. The summed E-state index contributed by atoms with van der Waals surface area (Å²) >= 11 is 0. The van der Waals surface area contributed by atoms with E-state index in [9.17, 15) is 30.3 Å². The van der Waals surface area contributed by atoms with Crippen molar-refractivity contribution in [2.24, 2.45) is 5.41 Å². The van der Waals surface area contributed by atoms with Crippen LogP contribution in [0.15, 0.2) is 42.5 Å². The Labute approximate surface area is 231 Å². The first kappa shape index (κ1) is 30.9. The van der Waals surface area contributed by atoms with Crippen molar-refractivity contribution in [1.29, 1.82) is 0 Å². The van der Waals surface area contributed by atoms with Crippen molar-refractivity contribution in [1.82, 2.24) is 5.32 Å². The highest BCUT2D eigenvalue weighted by molar-refractivity contribution is 5.85. The number of amides is 1. The molecule has 0 saturated carbocycles. The molecule has 1 amide bonds. The molecule has 3 rings (SSSR count). The number of aryl methyl sites for hydroxylation is 2. The highest BCUT2D eigenvalue weighted by atomic mass is 16.5. The van der Waals surface area contributed by atoms with Crippen LogP contribution in [0.4, 0.5) is 0 Å². The molecule has 1 heterocycles. The summed E-state index contributed by atoms with van der Waals surface area (Å²) in [5.74, 6) is -0.167. The van der Waals surface area contributed by atoms with Gasteiger partial charge in [-0.25, -0.2) is 0 Å². The fourth-order valence-electron chi connectivity index (χ4n) is 4.63. The normalized spacial score (nSPS) is 24.2. The molecule has 6 N–H and O–H groups in total. The Hall–Kier alpha value is -2.59. The Kier molecular flexibility index (Phi) is 9.75. The number of carbonyl (C=O) groups excluding carboxylic acids is 1. The number of nitrogens with one attached hydrogen (secondary N) is 1. The molecule has 2 aromatic carbocycles. The Bertz CT molecular complexity index is 1170. The number of ether oxygens (including phenoxy) is 1. The molecule has 1 aliphatic rings. The van der Waals surface area contributed by atoms with Crippen LogP contribution in [0.3, 0.4) is 0 Å². The van der Waals surface area contributed by atoms with Gasteiger partial charge in [-0.3, -0.25) is 4.79 Å². The number of rotatable bonds is 9. The Morgan fingerprint density at radius 2 is 1.59 bits per heavy atom. The van der Waals surface area contributed by atoms with E-state index in [0.717, 1.165) is 27.8 Å². The molecule has 214 valence electrons. The maximum absolute atomic E-state index is 12.7. The molecule has 0 spiro atoms. The molecule has 0 bridgehead atoms. The lowest BCUT2D eigenvalue weighted by Gasteiger charge is -2.40. The van der Waals surface area contributed by atoms with Gasteiger partial charge in [-0.05, 0) is 81.3 Å². The average Bonchev–Trinajstić information content (AvgIpc) is 2.89. The molecule has 2 aromatic rings. The summed E-state index contributed by atoms with van der Waals surface area (Å²) in [5.41, 5.74) is 4.26. The summed E-state index contributed by atoms with van der Waals surface area (Å²) in [5, 5.41) is 52.9. The zero-order valence-corrected chi connectivity index (χ0v) is 23.7. The average molecular weight is 542 g/mol. The van der Waals surface area contributed by atoms with Crippen LogP contribution in [0, 0.1) is 19.3 Å². The quantitative estimate of drug-likeness (QED) is 0.286. The fourth-order valence-corrected chi connectivity index (χ4v) is 4.63. The summed E-state index contributed by atoms with van der Waals surface area (Å²) in [4.78, 5) is 12.7. The van der Waals surface area contributed by atoms with E-state index in [1.165, 1.54) is 0 Å². The highest BCUT2D eigenvalue weighted by Gasteiger charge is 2.44. The predicted octanol–water partition coefficient (Wildman–Crippen LogP) is 2.34. The highest BCUT2D eigenvalue weighted by Crippen LogP contribution is 2.35. The molecule has 8 nitrogen and oxygen atoms in total. The molecular weight excluding hydrogens is 498 g/mol. The minimum absolute atomic E-state index is 0.148. The smallest absolute Gasteiger partial charge is 0.229 e. The van der Waals surface area contributed by atoms with E-state index in [1.54, 1.807) is 13.8 Å². The van der Waals surface area contributed by atoms with Gasteiger partial charge in [0.15, 0.2) is 0 Å². The van der Waals surface area contributed by atoms with Crippen molar-refractivity contribution in [3.8, 4) is 0 Å². The first-order valence-corrected chi connectivity index (χ1v) is 13.3. The summed E-state index contributed by atoms with van der Waals surface area (Å²) < 4.78 is 5.80. The van der Waals surface area contributed by atoms with E-state index >= 15 is 0 Å². The van der Waals surface area contributed by atoms with Crippen LogP contribution in [0.2, 0.25) is 0 Å². The lowest BCUT2D eigenvalue weighted by atomic mass is 9.86. The van der Waals surface area contributed by atoms with Crippen LogP contribution in [0.5, 0.6) is 0 Å². The van der Waals surface area contributed by atoms with Crippen LogP contribution in [0.25, 0.3) is 6.08 Å². The Morgan fingerprint density at radius 1 is 0.949 bits per heavy atom. The topological polar surface area (TPSA) is 139 Å². The van der Waals surface area contributed by atoms with Crippen LogP contribution in [0.1, 0.15) is 67.2 Å². The van der Waals surface area contributed by atoms with Crippen molar-refractivity contribution < 1.29 is 35.1 Å². The van der Waals surface area contributed by atoms with Crippen molar-refractivity contribution in [3.63, 3.8) is 0 Å². The van der Waals surface area contributed by atoms with Crippen LogP contribution in [-0.2, 0) is 16.0 Å². The lowest BCUT2D eigenvalue weighted by Crippen LogP contribution is -2.55. The summed E-state index contributed by atoms with van der Waals surface area (Å²) in [7, 11) is 0. The molecule has 8 heteroatoms. The summed E-state index contributed by atoms with van der Waals surface area (Å²) in [6.07, 6.45) is -1.61. The van der Waals surface area contributed by atoms with Gasteiger partial charge in [-0.1, -0.05) is 48.6 Å². The third-order valence-electron chi connectivity index (χ3n) is 7.42. The van der Waals surface area contributed by atoms with E-state index < -0.39 is 48.1 Å². The third-order valence-corrected chi connectivity index (χ3v) is 7.42. The van der Waals surface area contributed by atoms with E-state index in [0.29, 0.717) is 12.0 Å². The fraction of sp³-hybridized carbons (Fsp3) is 0.516. The van der Waals surface area contributed by atoms with Crippen LogP contribution >= 0.6 is 0 Å². The minimum Gasteiger partial charge on any atom is -0.394 e. The van der Waals surface area contributed by atoms with Gasteiger partial charge in [-0.2, -0.15) is 0 Å². The molecule has 1 saturated heterocycles. The molecule has 0 aliphatic carbocycles. The largest absolute Gasteiger partial charge is 0.394 e. The maximum atomic E-state index is 12.7. The molecule has 0 radical (unpaired) electrons. The van der Waals surface area contributed by atoms with E-state index in [1.807, 2.05) is 76.2 Å². The SMILES string of the molecule is Cc1cc(C)c([C@@H]2O[C@H](CO)[C@@H](O)[C@H](O)[C@H]2O)cc1Cc1ccc(/C=C/C(C)(C)C(=O)NC(C)(C)CO)cc1. The van der Waals surface area contributed by atoms with Gasteiger partial charge in [0.25, 0.3) is 0 Å². The van der Waals surface area contributed by atoms with Crippen molar-refractivity contribution in [2.75, 3.05) is 13.2 Å². The van der Waals surface area contributed by atoms with Crippen LogP contribution in [-0.4, -0.2) is 74.6 Å². The molecule has 5 atom stereocenters. The second-order valence-corrected chi connectivity index (χ2v) is 11.9. The molecule has 0 unspecified atom stereocenters. The summed E-state index contributed by atoms with van der Waals surface area (Å²) in [6.45, 7) is 10.5. The monoisotopic (exact) mass is 541 g/mol. The second kappa shape index (κ2) is 12.3. The van der Waals surface area contributed by atoms with Gasteiger partial charge in [0, 0.05) is 0 Å². The standard InChI is InChI=1S/C31H43NO7/c1-18-13-19(2)23(28-27(37)26(36)25(35)24(16-33)39-28)15-22(18)14-21-9-7-20(8-10-21)11-12-30(3,4)29(38)32-31(5,6)17-34/h7-13,15,24-28,33-37H,14,16-17H2,1-6H3,(H,32,38)/b12-11+/t24-,25-,26+,27-,28+/m1/s1. The van der Waals surface area contributed by atoms with Crippen molar-refractivity contribution in [3.05, 3.63) is 75.9 Å². The van der Waals surface area contributed by atoms with E-state index in [-0.39, 0.29) is 12.5 Å². The Morgan fingerprint density at radius 3 is 2.18 bits per heavy atom. The first-order chi connectivity index (χ1) is 18.2. The van der Waals surface area contributed by atoms with Crippen molar-refractivity contribution in [2.45, 2.75) is 84.0 Å².